The van der Waals surface area contributed by atoms with Crippen LogP contribution in [0, 0.1) is 6.92 Å². The summed E-state index contributed by atoms with van der Waals surface area (Å²) < 4.78 is 5.63. The van der Waals surface area contributed by atoms with Gasteiger partial charge in [-0.3, -0.25) is 19.9 Å². The molecule has 1 fully saturated rings. The number of amides is 2. The number of aliphatic imine (C=N–C) groups is 1. The van der Waals surface area contributed by atoms with Crippen LogP contribution in [0.3, 0.4) is 0 Å². The van der Waals surface area contributed by atoms with Crippen molar-refractivity contribution >= 4 is 29.4 Å². The van der Waals surface area contributed by atoms with Gasteiger partial charge in [0.2, 0.25) is 0 Å². The number of rotatable bonds is 9. The van der Waals surface area contributed by atoms with Gasteiger partial charge in [0.15, 0.2) is 24.1 Å². The molecule has 2 heterocycles. The van der Waals surface area contributed by atoms with E-state index in [2.05, 4.69) is 25.6 Å². The van der Waals surface area contributed by atoms with Crippen LogP contribution in [0.15, 0.2) is 29.3 Å². The smallest absolute Gasteiger partial charge is 0.280 e. The summed E-state index contributed by atoms with van der Waals surface area (Å²) in [6, 6.07) is 7.73. The second-order valence-corrected chi connectivity index (χ2v) is 8.17. The van der Waals surface area contributed by atoms with E-state index in [-0.39, 0.29) is 35.8 Å². The number of unbranched alkanes of at least 4 members (excludes halogenated alkanes) is 1. The predicted molar refractivity (Wildman–Crippen MR) is 134 cm³/mol. The van der Waals surface area contributed by atoms with Gasteiger partial charge in [0, 0.05) is 32.7 Å². The number of aryl methyl sites for hydroxylation is 2. The second-order valence-electron chi connectivity index (χ2n) is 8.17. The number of ether oxygens (including phenoxy) is 1. The maximum atomic E-state index is 12.3. The molecule has 2 aromatic rings. The summed E-state index contributed by atoms with van der Waals surface area (Å²) in [5, 5.41) is 5.68. The Balaban J connectivity index is 1.35. The summed E-state index contributed by atoms with van der Waals surface area (Å²) in [5.41, 5.74) is 18.7. The molecular formula is C23H33N9O3. The van der Waals surface area contributed by atoms with Crippen LogP contribution in [0.5, 0.6) is 5.75 Å². The molecule has 0 aliphatic carbocycles. The minimum absolute atomic E-state index is 0.00608. The average Bonchev–Trinajstić information content (AvgIpc) is 2.85. The fraction of sp³-hybridized carbons (Fsp3) is 0.435. The van der Waals surface area contributed by atoms with Crippen molar-refractivity contribution in [2.45, 2.75) is 26.2 Å². The Morgan fingerprint density at radius 3 is 2.54 bits per heavy atom. The molecule has 0 unspecified atom stereocenters. The standard InChI is InChI=1S/C23H33N9O3/c1-15-20(24)30-21(25)19(29-15)22(34)31-23(26)28-9-3-2-4-16-5-7-17(8-6-16)35-14-18(33)32-12-10-27-11-13-32/h5-8,27H,2-4,9-14H2,1H3,(H4,24,25,30)(H3,26,28,31,34). The highest BCUT2D eigenvalue weighted by Gasteiger charge is 2.17. The second kappa shape index (κ2) is 12.5. The van der Waals surface area contributed by atoms with E-state index in [1.807, 2.05) is 29.2 Å². The number of benzene rings is 1. The zero-order valence-corrected chi connectivity index (χ0v) is 19.9. The predicted octanol–water partition coefficient (Wildman–Crippen LogP) is -0.173. The molecule has 0 atom stereocenters. The number of guanidine groups is 1. The highest BCUT2D eigenvalue weighted by atomic mass is 16.5. The van der Waals surface area contributed by atoms with Crippen molar-refractivity contribution in [3.63, 3.8) is 0 Å². The number of aromatic nitrogens is 2. The minimum Gasteiger partial charge on any atom is -0.484 e. The van der Waals surface area contributed by atoms with Crippen LogP contribution >= 0.6 is 0 Å². The molecule has 0 bridgehead atoms. The molecule has 1 aromatic carbocycles. The van der Waals surface area contributed by atoms with Crippen molar-refractivity contribution in [1.29, 1.82) is 0 Å². The van der Waals surface area contributed by atoms with Crippen molar-refractivity contribution in [1.82, 2.24) is 25.5 Å². The number of nitrogens with two attached hydrogens (primary N) is 3. The van der Waals surface area contributed by atoms with Crippen molar-refractivity contribution in [2.24, 2.45) is 10.7 Å². The first kappa shape index (κ1) is 25.7. The van der Waals surface area contributed by atoms with Crippen LogP contribution in [0.1, 0.15) is 34.6 Å². The summed E-state index contributed by atoms with van der Waals surface area (Å²) in [6.45, 7) is 5.22. The van der Waals surface area contributed by atoms with E-state index in [0.717, 1.165) is 51.0 Å². The van der Waals surface area contributed by atoms with Crippen LogP contribution < -0.4 is 32.6 Å². The van der Waals surface area contributed by atoms with Gasteiger partial charge in [0.25, 0.3) is 11.8 Å². The van der Waals surface area contributed by atoms with Crippen molar-refractivity contribution < 1.29 is 14.3 Å². The van der Waals surface area contributed by atoms with Crippen molar-refractivity contribution in [3.8, 4) is 5.75 Å². The van der Waals surface area contributed by atoms with Gasteiger partial charge in [-0.25, -0.2) is 9.97 Å². The van der Waals surface area contributed by atoms with Gasteiger partial charge in [-0.1, -0.05) is 12.1 Å². The molecule has 0 saturated carbocycles. The molecule has 1 saturated heterocycles. The Labute approximate surface area is 204 Å². The van der Waals surface area contributed by atoms with E-state index in [1.54, 1.807) is 6.92 Å². The number of nitrogens with zero attached hydrogens (tertiary/aromatic N) is 4. The summed E-state index contributed by atoms with van der Waals surface area (Å²) in [7, 11) is 0. The highest BCUT2D eigenvalue weighted by molar-refractivity contribution is 6.06. The Bertz CT molecular complexity index is 1050. The molecule has 2 amide bonds. The van der Waals surface area contributed by atoms with E-state index in [0.29, 0.717) is 18.0 Å². The quantitative estimate of drug-likeness (QED) is 0.183. The van der Waals surface area contributed by atoms with Gasteiger partial charge in [-0.15, -0.1) is 0 Å². The lowest BCUT2D eigenvalue weighted by Crippen LogP contribution is -2.47. The van der Waals surface area contributed by atoms with Gasteiger partial charge in [0.05, 0.1) is 5.69 Å². The van der Waals surface area contributed by atoms with Crippen LogP contribution in [0.4, 0.5) is 11.6 Å². The topological polar surface area (TPSA) is 187 Å². The normalized spacial score (nSPS) is 14.0. The third kappa shape index (κ3) is 7.81. The number of carbonyl (C=O) groups excluding carboxylic acids is 2. The first-order chi connectivity index (χ1) is 16.8. The van der Waals surface area contributed by atoms with Gasteiger partial charge >= 0.3 is 0 Å². The Hall–Kier alpha value is -3.93. The fourth-order valence-electron chi connectivity index (χ4n) is 3.47. The monoisotopic (exact) mass is 483 g/mol. The first-order valence-corrected chi connectivity index (χ1v) is 11.5. The third-order valence-electron chi connectivity index (χ3n) is 5.50. The van der Waals surface area contributed by atoms with Crippen molar-refractivity contribution in [3.05, 3.63) is 41.2 Å². The zero-order valence-electron chi connectivity index (χ0n) is 19.9. The molecule has 12 heteroatoms. The lowest BCUT2D eigenvalue weighted by atomic mass is 10.1. The molecular weight excluding hydrogens is 450 g/mol. The average molecular weight is 484 g/mol. The van der Waals surface area contributed by atoms with Gasteiger partial charge in [-0.2, -0.15) is 0 Å². The van der Waals surface area contributed by atoms with Crippen LogP contribution in [0.2, 0.25) is 0 Å². The molecule has 1 aliphatic rings. The molecule has 35 heavy (non-hydrogen) atoms. The fourth-order valence-corrected chi connectivity index (χ4v) is 3.47. The highest BCUT2D eigenvalue weighted by Crippen LogP contribution is 2.14. The van der Waals surface area contributed by atoms with Gasteiger partial charge in [-0.05, 0) is 43.9 Å². The zero-order chi connectivity index (χ0) is 25.2. The maximum absolute atomic E-state index is 12.3. The molecule has 0 spiro atoms. The number of hydrogen-bond donors (Lipinski definition) is 5. The van der Waals surface area contributed by atoms with Crippen LogP contribution in [0.25, 0.3) is 0 Å². The van der Waals surface area contributed by atoms with Crippen molar-refractivity contribution in [2.75, 3.05) is 50.8 Å². The van der Waals surface area contributed by atoms with Crippen LogP contribution in [-0.2, 0) is 11.2 Å². The summed E-state index contributed by atoms with van der Waals surface area (Å²) >= 11 is 0. The molecule has 188 valence electrons. The Kier molecular flexibility index (Phi) is 9.18. The number of nitrogens with one attached hydrogen (secondary N) is 2. The van der Waals surface area contributed by atoms with Crippen LogP contribution in [-0.4, -0.2) is 72.0 Å². The summed E-state index contributed by atoms with van der Waals surface area (Å²) in [4.78, 5) is 38.4. The van der Waals surface area contributed by atoms with Gasteiger partial charge < -0.3 is 32.2 Å². The van der Waals surface area contributed by atoms with E-state index in [4.69, 9.17) is 21.9 Å². The maximum Gasteiger partial charge on any atom is 0.280 e. The largest absolute Gasteiger partial charge is 0.484 e. The minimum atomic E-state index is -0.587. The molecule has 8 N–H and O–H groups in total. The first-order valence-electron chi connectivity index (χ1n) is 11.5. The lowest BCUT2D eigenvalue weighted by Gasteiger charge is -2.27. The Morgan fingerprint density at radius 2 is 1.83 bits per heavy atom. The lowest BCUT2D eigenvalue weighted by molar-refractivity contribution is -0.133. The summed E-state index contributed by atoms with van der Waals surface area (Å²) in [5.74, 6) is 0.183. The SMILES string of the molecule is Cc1nc(C(=O)NC(N)=NCCCCc2ccc(OCC(=O)N3CCNCC3)cc2)c(N)nc1N. The Morgan fingerprint density at radius 1 is 1.11 bits per heavy atom. The van der Waals surface area contributed by atoms with E-state index in [1.165, 1.54) is 0 Å². The molecule has 12 nitrogen and oxygen atoms in total. The van der Waals surface area contributed by atoms with E-state index in [9.17, 15) is 9.59 Å². The molecule has 1 aliphatic heterocycles. The van der Waals surface area contributed by atoms with E-state index < -0.39 is 5.91 Å². The molecule has 1 aromatic heterocycles. The molecule has 3 rings (SSSR count). The van der Waals surface area contributed by atoms with Gasteiger partial charge in [0.1, 0.15) is 11.6 Å². The number of anilines is 2. The number of nitrogen functional groups attached to an aromatic ring is 2. The summed E-state index contributed by atoms with van der Waals surface area (Å²) in [6.07, 6.45) is 2.54. The number of carbonyl (C=O) groups is 2. The third-order valence-corrected chi connectivity index (χ3v) is 5.50. The number of piperazine rings is 1. The van der Waals surface area contributed by atoms with E-state index >= 15 is 0 Å². The molecule has 0 radical (unpaired) electrons. The number of hydrogen-bond acceptors (Lipinski definition) is 9.